The molecule has 0 saturated carbocycles. The number of hydrogen-bond donors (Lipinski definition) is 1. The highest BCUT2D eigenvalue weighted by Crippen LogP contribution is 2.31. The molecule has 0 radical (unpaired) electrons. The Morgan fingerprint density at radius 3 is 2.71 bits per heavy atom. The van der Waals surface area contributed by atoms with Crippen molar-refractivity contribution in [3.05, 3.63) is 41.8 Å². The lowest BCUT2D eigenvalue weighted by Crippen LogP contribution is -2.41. The summed E-state index contributed by atoms with van der Waals surface area (Å²) in [6.45, 7) is 1.80. The van der Waals surface area contributed by atoms with Crippen molar-refractivity contribution >= 4 is 27.3 Å². The van der Waals surface area contributed by atoms with Crippen LogP contribution in [0.4, 0.5) is 5.69 Å². The molecular weight excluding hydrogens is 404 g/mol. The van der Waals surface area contributed by atoms with Gasteiger partial charge < -0.3 is 19.4 Å². The van der Waals surface area contributed by atoms with E-state index in [1.807, 2.05) is 18.2 Å². The Kier molecular flexibility index (Phi) is 5.62. The van der Waals surface area contributed by atoms with Crippen LogP contribution in [0.15, 0.2) is 41.8 Å². The Hall–Kier alpha value is -1.65. The summed E-state index contributed by atoms with van der Waals surface area (Å²) in [7, 11) is -1.96. The molecule has 2 atom stereocenters. The monoisotopic (exact) mass is 426 g/mol. The number of sulfonamides is 1. The molecule has 0 aliphatic carbocycles. The molecule has 4 rings (SSSR count). The van der Waals surface area contributed by atoms with E-state index in [1.165, 1.54) is 16.8 Å². The molecule has 2 aliphatic rings. The molecule has 1 aromatic carbocycles. The maximum absolute atomic E-state index is 13.0. The second-order valence-electron chi connectivity index (χ2n) is 7.09. The first-order valence-electron chi connectivity index (χ1n) is 9.17. The summed E-state index contributed by atoms with van der Waals surface area (Å²) in [4.78, 5) is 4.02. The maximum Gasteiger partial charge on any atom is 0.262 e. The zero-order valence-electron chi connectivity index (χ0n) is 15.5. The van der Waals surface area contributed by atoms with Crippen LogP contribution >= 0.6 is 11.6 Å². The van der Waals surface area contributed by atoms with Crippen LogP contribution in [0.25, 0.3) is 0 Å². The molecule has 0 bridgehead atoms. The molecule has 2 saturated heterocycles. The lowest BCUT2D eigenvalue weighted by molar-refractivity contribution is -0.203. The van der Waals surface area contributed by atoms with E-state index in [0.717, 1.165) is 12.1 Å². The lowest BCUT2D eigenvalue weighted by atomic mass is 10.0. The number of benzene rings is 1. The summed E-state index contributed by atoms with van der Waals surface area (Å²) < 4.78 is 40.8. The summed E-state index contributed by atoms with van der Waals surface area (Å²) in [5.41, 5.74) is 0.829. The van der Waals surface area contributed by atoms with Crippen molar-refractivity contribution in [2.75, 3.05) is 31.6 Å². The van der Waals surface area contributed by atoms with Crippen molar-refractivity contribution in [2.24, 2.45) is 13.0 Å². The Balaban J connectivity index is 1.59. The third kappa shape index (κ3) is 4.04. The third-order valence-electron chi connectivity index (χ3n) is 5.00. The van der Waals surface area contributed by atoms with Gasteiger partial charge in [0.15, 0.2) is 11.3 Å². The Morgan fingerprint density at radius 1 is 1.25 bits per heavy atom. The van der Waals surface area contributed by atoms with Crippen LogP contribution in [0, 0.1) is 5.92 Å². The van der Waals surface area contributed by atoms with Crippen molar-refractivity contribution in [3.8, 4) is 0 Å². The molecule has 2 aliphatic heterocycles. The molecule has 1 N–H and O–H groups in total. The van der Waals surface area contributed by atoms with Crippen LogP contribution in [0.3, 0.4) is 0 Å². The number of aromatic nitrogens is 2. The predicted molar refractivity (Wildman–Crippen MR) is 105 cm³/mol. The second kappa shape index (κ2) is 8.00. The number of imidazole rings is 1. The van der Waals surface area contributed by atoms with Gasteiger partial charge in [0.05, 0.1) is 19.5 Å². The van der Waals surface area contributed by atoms with Gasteiger partial charge in [-0.3, -0.25) is 0 Å². The van der Waals surface area contributed by atoms with E-state index in [9.17, 15) is 8.42 Å². The Bertz CT molecular complexity index is 929. The van der Waals surface area contributed by atoms with E-state index >= 15 is 0 Å². The van der Waals surface area contributed by atoms with Gasteiger partial charge in [0, 0.05) is 49.0 Å². The van der Waals surface area contributed by atoms with Crippen molar-refractivity contribution in [1.82, 2.24) is 13.9 Å². The average molecular weight is 427 g/mol. The fourth-order valence-corrected chi connectivity index (χ4v) is 5.28. The zero-order valence-corrected chi connectivity index (χ0v) is 17.1. The van der Waals surface area contributed by atoms with E-state index in [1.54, 1.807) is 17.7 Å². The molecule has 3 heterocycles. The van der Waals surface area contributed by atoms with E-state index < -0.39 is 16.3 Å². The van der Waals surface area contributed by atoms with Crippen LogP contribution in [0.2, 0.25) is 5.02 Å². The van der Waals surface area contributed by atoms with E-state index in [0.29, 0.717) is 31.3 Å². The zero-order chi connectivity index (χ0) is 19.7. The van der Waals surface area contributed by atoms with Crippen molar-refractivity contribution in [3.63, 3.8) is 0 Å². The fraction of sp³-hybridized carbons (Fsp3) is 0.500. The van der Waals surface area contributed by atoms with Gasteiger partial charge in [0.2, 0.25) is 0 Å². The second-order valence-corrected chi connectivity index (χ2v) is 9.41. The number of anilines is 1. The van der Waals surface area contributed by atoms with Crippen LogP contribution in [0.5, 0.6) is 0 Å². The highest BCUT2D eigenvalue weighted by molar-refractivity contribution is 7.89. The van der Waals surface area contributed by atoms with E-state index in [-0.39, 0.29) is 17.0 Å². The van der Waals surface area contributed by atoms with Gasteiger partial charge in [0.1, 0.15) is 0 Å². The largest absolute Gasteiger partial charge is 0.380 e. The minimum atomic E-state index is -3.70. The normalized spacial score (nSPS) is 24.5. The number of halogens is 1. The molecule has 0 amide bonds. The minimum Gasteiger partial charge on any atom is -0.380 e. The first kappa shape index (κ1) is 19.7. The standard InChI is InChI=1S/C18H23ClN4O4S/c1-22-11-17(20-12-22)28(24,25)23-9-15(18-26-6-3-7-27-18)16(10-23)21-14-5-2-4-13(19)8-14/h2,4-5,8,11-12,15-16,18,21H,3,6-7,9-10H2,1H3/t15-,16-/m0/s1. The number of aryl methyl sites for hydroxylation is 1. The molecule has 1 aromatic heterocycles. The predicted octanol–water partition coefficient (Wildman–Crippen LogP) is 1.94. The smallest absolute Gasteiger partial charge is 0.262 e. The van der Waals surface area contributed by atoms with Crippen LogP contribution in [-0.2, 0) is 26.5 Å². The quantitative estimate of drug-likeness (QED) is 0.786. The van der Waals surface area contributed by atoms with Crippen molar-refractivity contribution < 1.29 is 17.9 Å². The highest BCUT2D eigenvalue weighted by atomic mass is 35.5. The third-order valence-corrected chi connectivity index (χ3v) is 6.95. The Morgan fingerprint density at radius 2 is 2.04 bits per heavy atom. The molecule has 152 valence electrons. The van der Waals surface area contributed by atoms with E-state index in [2.05, 4.69) is 10.3 Å². The van der Waals surface area contributed by atoms with Gasteiger partial charge in [-0.25, -0.2) is 13.4 Å². The number of nitrogens with one attached hydrogen (secondary N) is 1. The Labute approximate surface area is 169 Å². The van der Waals surface area contributed by atoms with Crippen LogP contribution in [0.1, 0.15) is 6.42 Å². The maximum atomic E-state index is 13.0. The number of rotatable bonds is 5. The average Bonchev–Trinajstić information content (AvgIpc) is 3.30. The van der Waals surface area contributed by atoms with Gasteiger partial charge in [-0.2, -0.15) is 4.31 Å². The summed E-state index contributed by atoms with van der Waals surface area (Å²) in [5.74, 6) is -0.155. The van der Waals surface area contributed by atoms with Crippen molar-refractivity contribution in [2.45, 2.75) is 23.8 Å². The molecule has 10 heteroatoms. The van der Waals surface area contributed by atoms with Gasteiger partial charge in [-0.05, 0) is 24.6 Å². The summed E-state index contributed by atoms with van der Waals surface area (Å²) in [6, 6.07) is 7.19. The van der Waals surface area contributed by atoms with Gasteiger partial charge in [0.25, 0.3) is 10.0 Å². The number of ether oxygens (including phenoxy) is 2. The molecule has 2 aromatic rings. The lowest BCUT2D eigenvalue weighted by Gasteiger charge is -2.31. The molecule has 28 heavy (non-hydrogen) atoms. The number of nitrogens with zero attached hydrogens (tertiary/aromatic N) is 3. The van der Waals surface area contributed by atoms with Gasteiger partial charge >= 0.3 is 0 Å². The highest BCUT2D eigenvalue weighted by Gasteiger charge is 2.45. The molecule has 0 spiro atoms. The van der Waals surface area contributed by atoms with Gasteiger partial charge in [-0.15, -0.1) is 0 Å². The topological polar surface area (TPSA) is 85.7 Å². The molecular formula is C18H23ClN4O4S. The minimum absolute atomic E-state index is 0.0441. The first-order valence-corrected chi connectivity index (χ1v) is 11.0. The van der Waals surface area contributed by atoms with Crippen LogP contribution < -0.4 is 5.32 Å². The van der Waals surface area contributed by atoms with E-state index in [4.69, 9.17) is 21.1 Å². The molecule has 8 nitrogen and oxygen atoms in total. The van der Waals surface area contributed by atoms with Gasteiger partial charge in [-0.1, -0.05) is 17.7 Å². The van der Waals surface area contributed by atoms with Crippen molar-refractivity contribution in [1.29, 1.82) is 0 Å². The first-order chi connectivity index (χ1) is 13.4. The summed E-state index contributed by atoms with van der Waals surface area (Å²) in [5, 5.41) is 4.07. The fourth-order valence-electron chi connectivity index (χ4n) is 3.62. The molecule has 2 fully saturated rings. The number of hydrogen-bond acceptors (Lipinski definition) is 6. The van der Waals surface area contributed by atoms with Crippen LogP contribution in [-0.4, -0.2) is 60.9 Å². The SMILES string of the molecule is Cn1cnc(S(=O)(=O)N2C[C@H](Nc3cccc(Cl)c3)[C@@H](C3OCCCO3)C2)c1. The summed E-state index contributed by atoms with van der Waals surface area (Å²) >= 11 is 6.09. The summed E-state index contributed by atoms with van der Waals surface area (Å²) in [6.07, 6.45) is 3.38. The molecule has 0 unspecified atom stereocenters.